The number of nitrogens with zero attached hydrogens (tertiary/aromatic N) is 1. The molecule has 0 unspecified atom stereocenters. The van der Waals surface area contributed by atoms with Crippen molar-refractivity contribution in [1.82, 2.24) is 4.90 Å². The molecular formula is C22H18ClNO4S. The molecule has 1 saturated heterocycles. The van der Waals surface area contributed by atoms with Crippen molar-refractivity contribution in [2.45, 2.75) is 6.42 Å². The Balaban J connectivity index is 1.78. The second-order valence-electron chi connectivity index (χ2n) is 6.10. The van der Waals surface area contributed by atoms with Crippen molar-refractivity contribution >= 4 is 40.6 Å². The number of hydrogen-bond acceptors (Lipinski definition) is 5. The minimum absolute atomic E-state index is 0.0513. The molecule has 0 bridgehead atoms. The average Bonchev–Trinajstić information content (AvgIpc) is 2.98. The summed E-state index contributed by atoms with van der Waals surface area (Å²) in [5.41, 5.74) is 1.68. The number of methoxy groups -OCH3 is 1. The lowest BCUT2D eigenvalue weighted by Crippen LogP contribution is -2.30. The standard InChI is InChI=1S/C22H18ClNO4S/c1-3-11-28-20-17(23)12-16(13-18(20)27-2)14-19-21(25)24(22(26)29-19)10-9-15-7-5-4-6-8-15/h1,4-8,12-14H,9-11H2,2H3/b19-14-. The highest BCUT2D eigenvalue weighted by atomic mass is 35.5. The number of halogens is 1. The van der Waals surface area contributed by atoms with E-state index in [1.807, 2.05) is 30.3 Å². The molecule has 0 aliphatic carbocycles. The predicted molar refractivity (Wildman–Crippen MR) is 115 cm³/mol. The van der Waals surface area contributed by atoms with E-state index in [1.165, 1.54) is 12.0 Å². The fraction of sp³-hybridized carbons (Fsp3) is 0.182. The van der Waals surface area contributed by atoms with Crippen LogP contribution < -0.4 is 9.47 Å². The fourth-order valence-corrected chi connectivity index (χ4v) is 3.95. The molecule has 1 aliphatic rings. The van der Waals surface area contributed by atoms with Gasteiger partial charge in [-0.1, -0.05) is 47.9 Å². The maximum atomic E-state index is 12.7. The van der Waals surface area contributed by atoms with E-state index in [9.17, 15) is 9.59 Å². The molecule has 2 aromatic carbocycles. The summed E-state index contributed by atoms with van der Waals surface area (Å²) in [6.45, 7) is 0.380. The molecule has 0 aromatic heterocycles. The summed E-state index contributed by atoms with van der Waals surface area (Å²) in [4.78, 5) is 26.6. The first-order valence-corrected chi connectivity index (χ1v) is 9.96. The number of thioether (sulfide) groups is 1. The summed E-state index contributed by atoms with van der Waals surface area (Å²) in [5.74, 6) is 2.77. The summed E-state index contributed by atoms with van der Waals surface area (Å²) in [5, 5.41) is 0.0124. The summed E-state index contributed by atoms with van der Waals surface area (Å²) in [6, 6.07) is 13.0. The highest BCUT2D eigenvalue weighted by Gasteiger charge is 2.34. The van der Waals surface area contributed by atoms with E-state index in [-0.39, 0.29) is 17.8 Å². The minimum atomic E-state index is -0.321. The van der Waals surface area contributed by atoms with Gasteiger partial charge in [0.2, 0.25) is 0 Å². The maximum Gasteiger partial charge on any atom is 0.293 e. The SMILES string of the molecule is C#CCOc1c(Cl)cc(/C=C2\SC(=O)N(CCc3ccccc3)C2=O)cc1OC. The molecule has 1 aliphatic heterocycles. The van der Waals surface area contributed by atoms with Crippen molar-refractivity contribution in [3.05, 3.63) is 63.5 Å². The van der Waals surface area contributed by atoms with Crippen LogP contribution in [0, 0.1) is 12.3 Å². The number of ether oxygens (including phenoxy) is 2. The number of carbonyl (C=O) groups is 2. The van der Waals surface area contributed by atoms with Crippen molar-refractivity contribution in [1.29, 1.82) is 0 Å². The Morgan fingerprint density at radius 3 is 2.69 bits per heavy atom. The Hall–Kier alpha value is -2.88. The van der Waals surface area contributed by atoms with Crippen LogP contribution in [0.25, 0.3) is 6.08 Å². The monoisotopic (exact) mass is 427 g/mol. The Bertz CT molecular complexity index is 998. The lowest BCUT2D eigenvalue weighted by Gasteiger charge is -2.12. The van der Waals surface area contributed by atoms with Gasteiger partial charge in [-0.05, 0) is 47.5 Å². The van der Waals surface area contributed by atoms with E-state index < -0.39 is 0 Å². The smallest absolute Gasteiger partial charge is 0.293 e. The summed E-state index contributed by atoms with van der Waals surface area (Å²) < 4.78 is 10.7. The quantitative estimate of drug-likeness (QED) is 0.476. The first kappa shape index (κ1) is 20.8. The molecule has 0 N–H and O–H groups in total. The summed E-state index contributed by atoms with van der Waals surface area (Å²) in [6.07, 6.45) is 7.44. The van der Waals surface area contributed by atoms with Gasteiger partial charge >= 0.3 is 0 Å². The second kappa shape index (κ2) is 9.55. The van der Waals surface area contributed by atoms with E-state index in [2.05, 4.69) is 5.92 Å². The highest BCUT2D eigenvalue weighted by molar-refractivity contribution is 8.18. The zero-order chi connectivity index (χ0) is 20.8. The van der Waals surface area contributed by atoms with Gasteiger partial charge < -0.3 is 9.47 Å². The van der Waals surface area contributed by atoms with Crippen LogP contribution in [0.5, 0.6) is 11.5 Å². The normalized spacial score (nSPS) is 14.9. The molecule has 148 valence electrons. The number of benzene rings is 2. The summed E-state index contributed by atoms with van der Waals surface area (Å²) >= 11 is 7.18. The Morgan fingerprint density at radius 2 is 2.00 bits per heavy atom. The van der Waals surface area contributed by atoms with Crippen molar-refractivity contribution in [3.63, 3.8) is 0 Å². The Morgan fingerprint density at radius 1 is 1.24 bits per heavy atom. The molecular weight excluding hydrogens is 410 g/mol. The van der Waals surface area contributed by atoms with Crippen LogP contribution in [0.2, 0.25) is 5.02 Å². The van der Waals surface area contributed by atoms with Crippen molar-refractivity contribution in [2.24, 2.45) is 0 Å². The molecule has 1 heterocycles. The van der Waals surface area contributed by atoms with Crippen LogP contribution in [0.1, 0.15) is 11.1 Å². The predicted octanol–water partition coefficient (Wildman–Crippen LogP) is 4.64. The van der Waals surface area contributed by atoms with Crippen LogP contribution in [0.15, 0.2) is 47.4 Å². The molecule has 1 fully saturated rings. The van der Waals surface area contributed by atoms with Gasteiger partial charge in [-0.3, -0.25) is 14.5 Å². The van der Waals surface area contributed by atoms with Gasteiger partial charge in [0.25, 0.3) is 11.1 Å². The zero-order valence-electron chi connectivity index (χ0n) is 15.7. The lowest BCUT2D eigenvalue weighted by atomic mass is 10.1. The zero-order valence-corrected chi connectivity index (χ0v) is 17.3. The van der Waals surface area contributed by atoms with E-state index in [0.717, 1.165) is 17.3 Å². The largest absolute Gasteiger partial charge is 0.493 e. The van der Waals surface area contributed by atoms with Gasteiger partial charge in [0.15, 0.2) is 11.5 Å². The van der Waals surface area contributed by atoms with Crippen LogP contribution in [-0.4, -0.2) is 36.3 Å². The van der Waals surface area contributed by atoms with Crippen LogP contribution in [0.4, 0.5) is 4.79 Å². The van der Waals surface area contributed by atoms with Crippen LogP contribution in [0.3, 0.4) is 0 Å². The van der Waals surface area contributed by atoms with Crippen molar-refractivity contribution in [2.75, 3.05) is 20.3 Å². The van der Waals surface area contributed by atoms with Gasteiger partial charge in [0, 0.05) is 6.54 Å². The molecule has 29 heavy (non-hydrogen) atoms. The molecule has 7 heteroatoms. The average molecular weight is 428 g/mol. The number of hydrogen-bond donors (Lipinski definition) is 0. The van der Waals surface area contributed by atoms with E-state index >= 15 is 0 Å². The first-order chi connectivity index (χ1) is 14.0. The van der Waals surface area contributed by atoms with Crippen LogP contribution >= 0.6 is 23.4 Å². The van der Waals surface area contributed by atoms with Gasteiger partial charge in [0.1, 0.15) is 6.61 Å². The van der Waals surface area contributed by atoms with E-state index in [0.29, 0.717) is 40.0 Å². The topological polar surface area (TPSA) is 55.8 Å². The van der Waals surface area contributed by atoms with Crippen molar-refractivity contribution < 1.29 is 19.1 Å². The lowest BCUT2D eigenvalue weighted by molar-refractivity contribution is -0.122. The van der Waals surface area contributed by atoms with Gasteiger partial charge in [-0.25, -0.2) is 0 Å². The third-order valence-corrected chi connectivity index (χ3v) is 5.38. The second-order valence-corrected chi connectivity index (χ2v) is 7.50. The van der Waals surface area contributed by atoms with Crippen molar-refractivity contribution in [3.8, 4) is 23.8 Å². The van der Waals surface area contributed by atoms with Gasteiger partial charge in [-0.15, -0.1) is 6.42 Å². The number of carbonyl (C=O) groups excluding carboxylic acids is 2. The van der Waals surface area contributed by atoms with E-state index in [4.69, 9.17) is 27.5 Å². The minimum Gasteiger partial charge on any atom is -0.493 e. The summed E-state index contributed by atoms with van der Waals surface area (Å²) in [7, 11) is 1.48. The van der Waals surface area contributed by atoms with Gasteiger partial charge in [-0.2, -0.15) is 0 Å². The molecule has 0 radical (unpaired) electrons. The highest BCUT2D eigenvalue weighted by Crippen LogP contribution is 2.39. The van der Waals surface area contributed by atoms with Crippen LogP contribution in [-0.2, 0) is 11.2 Å². The Labute approximate surface area is 178 Å². The molecule has 2 amide bonds. The number of amides is 2. The number of imide groups is 1. The molecule has 0 spiro atoms. The van der Waals surface area contributed by atoms with E-state index in [1.54, 1.807) is 18.2 Å². The molecule has 0 atom stereocenters. The first-order valence-electron chi connectivity index (χ1n) is 8.76. The molecule has 2 aromatic rings. The third kappa shape index (κ3) is 4.94. The molecule has 5 nitrogen and oxygen atoms in total. The maximum absolute atomic E-state index is 12.7. The number of rotatable bonds is 7. The fourth-order valence-electron chi connectivity index (χ4n) is 2.81. The molecule has 0 saturated carbocycles. The Kier molecular flexibility index (Phi) is 6.86. The molecule has 3 rings (SSSR count). The third-order valence-electron chi connectivity index (χ3n) is 4.19. The van der Waals surface area contributed by atoms with Gasteiger partial charge in [0.05, 0.1) is 17.0 Å². The number of terminal acetylenes is 1.